The van der Waals surface area contributed by atoms with E-state index in [4.69, 9.17) is 5.11 Å². The lowest BCUT2D eigenvalue weighted by Crippen LogP contribution is -2.01. The van der Waals surface area contributed by atoms with E-state index in [9.17, 15) is 4.79 Å². The van der Waals surface area contributed by atoms with Gasteiger partial charge >= 0.3 is 5.97 Å². The molecule has 1 aromatic carbocycles. The quantitative estimate of drug-likeness (QED) is 0.741. The number of aliphatic carboxylic acids is 1. The summed E-state index contributed by atoms with van der Waals surface area (Å²) >= 11 is 0. The van der Waals surface area contributed by atoms with Crippen LogP contribution < -0.4 is 0 Å². The van der Waals surface area contributed by atoms with Crippen molar-refractivity contribution in [3.63, 3.8) is 0 Å². The highest BCUT2D eigenvalue weighted by Crippen LogP contribution is 2.19. The van der Waals surface area contributed by atoms with E-state index < -0.39 is 5.97 Å². The van der Waals surface area contributed by atoms with Crippen LogP contribution >= 0.6 is 0 Å². The third-order valence-corrected chi connectivity index (χ3v) is 2.74. The van der Waals surface area contributed by atoms with Crippen molar-refractivity contribution in [2.45, 2.75) is 6.42 Å². The SMILES string of the molecule is O=C(O)Cc1cnc(-c2ccc3nc[nH]c3c2)nc1. The molecule has 0 aliphatic carbocycles. The second kappa shape index (κ2) is 4.49. The van der Waals surface area contributed by atoms with E-state index >= 15 is 0 Å². The van der Waals surface area contributed by atoms with Gasteiger partial charge in [-0.05, 0) is 23.8 Å². The predicted molar refractivity (Wildman–Crippen MR) is 68.5 cm³/mol. The molecule has 0 aliphatic rings. The monoisotopic (exact) mass is 254 g/mol. The number of rotatable bonds is 3. The molecule has 0 aliphatic heterocycles. The third-order valence-electron chi connectivity index (χ3n) is 2.74. The molecule has 0 saturated carbocycles. The number of hydrogen-bond acceptors (Lipinski definition) is 4. The number of nitrogens with one attached hydrogen (secondary N) is 1. The molecule has 0 unspecified atom stereocenters. The molecule has 3 rings (SSSR count). The van der Waals surface area contributed by atoms with Crippen LogP contribution in [-0.2, 0) is 11.2 Å². The van der Waals surface area contributed by atoms with E-state index in [-0.39, 0.29) is 6.42 Å². The maximum absolute atomic E-state index is 10.6. The minimum Gasteiger partial charge on any atom is -0.481 e. The van der Waals surface area contributed by atoms with Crippen LogP contribution in [0.5, 0.6) is 0 Å². The number of H-pyrrole nitrogens is 1. The van der Waals surface area contributed by atoms with Crippen molar-refractivity contribution in [3.05, 3.63) is 42.5 Å². The standard InChI is InChI=1S/C13H10N4O2/c18-12(19)3-8-5-14-13(15-6-8)9-1-2-10-11(4-9)17-7-16-10/h1-2,4-7H,3H2,(H,16,17)(H,18,19). The zero-order valence-electron chi connectivity index (χ0n) is 9.87. The lowest BCUT2D eigenvalue weighted by molar-refractivity contribution is -0.136. The highest BCUT2D eigenvalue weighted by Gasteiger charge is 2.05. The lowest BCUT2D eigenvalue weighted by Gasteiger charge is -2.01. The minimum absolute atomic E-state index is 0.0696. The first-order valence-corrected chi connectivity index (χ1v) is 5.68. The first-order chi connectivity index (χ1) is 9.22. The number of imidazole rings is 1. The van der Waals surface area contributed by atoms with Crippen LogP contribution in [0.15, 0.2) is 36.9 Å². The van der Waals surface area contributed by atoms with Gasteiger partial charge in [-0.2, -0.15) is 0 Å². The Bertz CT molecular complexity index is 734. The van der Waals surface area contributed by atoms with Gasteiger partial charge in [0.05, 0.1) is 23.8 Å². The number of fused-ring (bicyclic) bond motifs is 1. The summed E-state index contributed by atoms with van der Waals surface area (Å²) < 4.78 is 0. The molecule has 94 valence electrons. The number of benzene rings is 1. The molecular formula is C13H10N4O2. The van der Waals surface area contributed by atoms with Gasteiger partial charge in [0.25, 0.3) is 0 Å². The van der Waals surface area contributed by atoms with Gasteiger partial charge in [-0.15, -0.1) is 0 Å². The Morgan fingerprint density at radius 3 is 2.74 bits per heavy atom. The summed E-state index contributed by atoms with van der Waals surface area (Å²) in [5, 5.41) is 8.68. The molecule has 6 heteroatoms. The normalized spacial score (nSPS) is 10.7. The number of aromatic nitrogens is 4. The fourth-order valence-electron chi connectivity index (χ4n) is 1.84. The molecule has 0 radical (unpaired) electrons. The molecule has 6 nitrogen and oxygen atoms in total. The van der Waals surface area contributed by atoms with Gasteiger partial charge in [-0.3, -0.25) is 4.79 Å². The molecular weight excluding hydrogens is 244 g/mol. The first-order valence-electron chi connectivity index (χ1n) is 5.68. The minimum atomic E-state index is -0.893. The van der Waals surface area contributed by atoms with E-state index in [1.165, 1.54) is 12.4 Å². The predicted octanol–water partition coefficient (Wildman–Crippen LogP) is 1.65. The van der Waals surface area contributed by atoms with Gasteiger partial charge in [0.2, 0.25) is 0 Å². The number of carboxylic acid groups (broad SMARTS) is 1. The van der Waals surface area contributed by atoms with Crippen LogP contribution in [0, 0.1) is 0 Å². The molecule has 2 heterocycles. The summed E-state index contributed by atoms with van der Waals surface area (Å²) in [5.74, 6) is -0.333. The summed E-state index contributed by atoms with van der Waals surface area (Å²) in [6.45, 7) is 0. The van der Waals surface area contributed by atoms with Crippen molar-refractivity contribution in [2.24, 2.45) is 0 Å². The summed E-state index contributed by atoms with van der Waals surface area (Å²) in [6, 6.07) is 5.68. The van der Waals surface area contributed by atoms with Gasteiger partial charge in [-0.1, -0.05) is 0 Å². The van der Waals surface area contributed by atoms with Crippen LogP contribution in [0.4, 0.5) is 0 Å². The zero-order chi connectivity index (χ0) is 13.2. The summed E-state index contributed by atoms with van der Waals surface area (Å²) in [6.07, 6.45) is 4.63. The van der Waals surface area contributed by atoms with Gasteiger partial charge in [-0.25, -0.2) is 15.0 Å². The number of hydrogen-bond donors (Lipinski definition) is 2. The van der Waals surface area contributed by atoms with Crippen LogP contribution in [0.2, 0.25) is 0 Å². The van der Waals surface area contributed by atoms with Gasteiger partial charge in [0.1, 0.15) is 0 Å². The second-order valence-electron chi connectivity index (χ2n) is 4.12. The Morgan fingerprint density at radius 2 is 2.00 bits per heavy atom. The molecule has 2 N–H and O–H groups in total. The number of carboxylic acids is 1. The number of aromatic amines is 1. The fourth-order valence-corrected chi connectivity index (χ4v) is 1.84. The average Bonchev–Trinajstić information content (AvgIpc) is 2.86. The fraction of sp³-hybridized carbons (Fsp3) is 0.0769. The maximum atomic E-state index is 10.6. The highest BCUT2D eigenvalue weighted by molar-refractivity contribution is 5.79. The van der Waals surface area contributed by atoms with Crippen LogP contribution in [-0.4, -0.2) is 31.0 Å². The molecule has 3 aromatic rings. The Labute approximate surface area is 108 Å². The van der Waals surface area contributed by atoms with E-state index in [2.05, 4.69) is 19.9 Å². The molecule has 0 amide bonds. The molecule has 0 spiro atoms. The highest BCUT2D eigenvalue weighted by atomic mass is 16.4. The van der Waals surface area contributed by atoms with Crippen molar-refractivity contribution in [1.29, 1.82) is 0 Å². The molecule has 19 heavy (non-hydrogen) atoms. The van der Waals surface area contributed by atoms with Crippen molar-refractivity contribution < 1.29 is 9.90 Å². The van der Waals surface area contributed by atoms with Crippen LogP contribution in [0.3, 0.4) is 0 Å². The third kappa shape index (κ3) is 2.28. The smallest absolute Gasteiger partial charge is 0.307 e. The van der Waals surface area contributed by atoms with Crippen molar-refractivity contribution in [3.8, 4) is 11.4 Å². The Balaban J connectivity index is 1.94. The maximum Gasteiger partial charge on any atom is 0.307 e. The molecule has 2 aromatic heterocycles. The van der Waals surface area contributed by atoms with Crippen molar-refractivity contribution in [2.75, 3.05) is 0 Å². The van der Waals surface area contributed by atoms with Gasteiger partial charge in [0, 0.05) is 18.0 Å². The second-order valence-corrected chi connectivity index (χ2v) is 4.12. The largest absolute Gasteiger partial charge is 0.481 e. The number of nitrogens with zero attached hydrogens (tertiary/aromatic N) is 3. The summed E-state index contributed by atoms with van der Waals surface area (Å²) in [7, 11) is 0. The molecule has 0 fully saturated rings. The summed E-state index contributed by atoms with van der Waals surface area (Å²) in [4.78, 5) is 26.1. The first kappa shape index (κ1) is 11.3. The van der Waals surface area contributed by atoms with Crippen molar-refractivity contribution in [1.82, 2.24) is 19.9 Å². The zero-order valence-corrected chi connectivity index (χ0v) is 9.87. The Kier molecular flexibility index (Phi) is 2.68. The van der Waals surface area contributed by atoms with Crippen LogP contribution in [0.1, 0.15) is 5.56 Å². The molecule has 0 bridgehead atoms. The van der Waals surface area contributed by atoms with Crippen LogP contribution in [0.25, 0.3) is 22.4 Å². The van der Waals surface area contributed by atoms with Crippen molar-refractivity contribution >= 4 is 17.0 Å². The van der Waals surface area contributed by atoms with E-state index in [0.29, 0.717) is 11.4 Å². The van der Waals surface area contributed by atoms with E-state index in [1.807, 2.05) is 18.2 Å². The summed E-state index contributed by atoms with van der Waals surface area (Å²) in [5.41, 5.74) is 3.24. The lowest BCUT2D eigenvalue weighted by atomic mass is 10.2. The molecule has 0 atom stereocenters. The topological polar surface area (TPSA) is 91.8 Å². The van der Waals surface area contributed by atoms with E-state index in [1.54, 1.807) is 6.33 Å². The number of carbonyl (C=O) groups is 1. The van der Waals surface area contributed by atoms with E-state index in [0.717, 1.165) is 16.6 Å². The van der Waals surface area contributed by atoms with Gasteiger partial charge in [0.15, 0.2) is 5.82 Å². The Hall–Kier alpha value is -2.76. The average molecular weight is 254 g/mol. The Morgan fingerprint density at radius 1 is 1.21 bits per heavy atom. The molecule has 0 saturated heterocycles. The van der Waals surface area contributed by atoms with Gasteiger partial charge < -0.3 is 10.1 Å².